The molecule has 0 aromatic heterocycles. The van der Waals surface area contributed by atoms with Gasteiger partial charge < -0.3 is 5.32 Å². The number of rotatable bonds is 0. The van der Waals surface area contributed by atoms with E-state index >= 15 is 0 Å². The molecule has 2 atom stereocenters. The predicted molar refractivity (Wildman–Crippen MR) is 38.6 cm³/mol. The van der Waals surface area contributed by atoms with E-state index in [-0.39, 0.29) is 18.3 Å². The van der Waals surface area contributed by atoms with Gasteiger partial charge in [0.1, 0.15) is 0 Å². The minimum atomic E-state index is -2.47. The van der Waals surface area contributed by atoms with Gasteiger partial charge in [0.2, 0.25) is 0 Å². The van der Waals surface area contributed by atoms with Crippen LogP contribution in [0.4, 0.5) is 8.78 Å². The Balaban J connectivity index is 2.28. The number of alkyl halides is 2. The second kappa shape index (κ2) is 1.76. The first-order valence-corrected chi connectivity index (χ1v) is 4.15. The molecular weight excluding hydrogens is 148 g/mol. The van der Waals surface area contributed by atoms with E-state index in [0.717, 1.165) is 0 Å². The largest absolute Gasteiger partial charge is 0.305 e. The summed E-state index contributed by atoms with van der Waals surface area (Å²) in [5.74, 6) is -2.19. The number of hydrogen-bond acceptors (Lipinski definition) is 1. The summed E-state index contributed by atoms with van der Waals surface area (Å²) in [4.78, 5) is 0. The molecule has 1 nitrogen and oxygen atoms in total. The molecule has 1 aliphatic heterocycles. The molecule has 1 saturated heterocycles. The van der Waals surface area contributed by atoms with Crippen molar-refractivity contribution in [3.8, 4) is 0 Å². The van der Waals surface area contributed by atoms with Crippen molar-refractivity contribution in [3.05, 3.63) is 0 Å². The Labute approximate surface area is 65.2 Å². The zero-order chi connectivity index (χ0) is 8.28. The normalized spacial score (nSPS) is 53.5. The summed E-state index contributed by atoms with van der Waals surface area (Å²) in [6, 6.07) is 0. The first kappa shape index (κ1) is 7.47. The lowest BCUT2D eigenvalue weighted by molar-refractivity contribution is -0.0296. The highest BCUT2D eigenvalue weighted by atomic mass is 19.3. The molecule has 2 unspecified atom stereocenters. The standard InChI is InChI=1S/C8H13F2N/c1-5-6(2)8(5)7(9,10)3-4-11-8/h5-6,11H,3-4H2,1-2H3. The topological polar surface area (TPSA) is 12.0 Å². The lowest BCUT2D eigenvalue weighted by Crippen LogP contribution is -2.41. The lowest BCUT2D eigenvalue weighted by atomic mass is 10.1. The second-order valence-corrected chi connectivity index (χ2v) is 3.83. The van der Waals surface area contributed by atoms with E-state index < -0.39 is 11.5 Å². The van der Waals surface area contributed by atoms with Gasteiger partial charge in [-0.3, -0.25) is 0 Å². The van der Waals surface area contributed by atoms with Gasteiger partial charge in [-0.1, -0.05) is 13.8 Å². The Morgan fingerprint density at radius 3 is 2.00 bits per heavy atom. The average Bonchev–Trinajstić information content (AvgIpc) is 2.36. The predicted octanol–water partition coefficient (Wildman–Crippen LogP) is 1.64. The molecule has 0 radical (unpaired) electrons. The van der Waals surface area contributed by atoms with E-state index in [1.807, 2.05) is 13.8 Å². The molecule has 2 fully saturated rings. The molecule has 11 heavy (non-hydrogen) atoms. The molecule has 0 aromatic rings. The Morgan fingerprint density at radius 1 is 1.27 bits per heavy atom. The first-order valence-electron chi connectivity index (χ1n) is 4.15. The number of nitrogens with one attached hydrogen (secondary N) is 1. The summed E-state index contributed by atoms with van der Waals surface area (Å²) in [6.07, 6.45) is 0.0156. The highest BCUT2D eigenvalue weighted by Gasteiger charge is 2.74. The van der Waals surface area contributed by atoms with Crippen LogP contribution in [0.25, 0.3) is 0 Å². The van der Waals surface area contributed by atoms with Gasteiger partial charge in [-0.25, -0.2) is 8.78 Å². The van der Waals surface area contributed by atoms with Crippen molar-refractivity contribution in [1.29, 1.82) is 0 Å². The lowest BCUT2D eigenvalue weighted by Gasteiger charge is -2.19. The van der Waals surface area contributed by atoms with Crippen LogP contribution < -0.4 is 5.32 Å². The van der Waals surface area contributed by atoms with Crippen molar-refractivity contribution in [2.75, 3.05) is 6.54 Å². The van der Waals surface area contributed by atoms with Crippen LogP contribution in [-0.2, 0) is 0 Å². The highest BCUT2D eigenvalue weighted by Crippen LogP contribution is 2.61. The van der Waals surface area contributed by atoms with Gasteiger partial charge in [0.05, 0.1) is 5.54 Å². The molecule has 3 heteroatoms. The second-order valence-electron chi connectivity index (χ2n) is 3.83. The highest BCUT2D eigenvalue weighted by molar-refractivity contribution is 5.24. The summed E-state index contributed by atoms with van der Waals surface area (Å²) in [5.41, 5.74) is -0.826. The zero-order valence-electron chi connectivity index (χ0n) is 6.82. The molecule has 1 spiro atoms. The summed E-state index contributed by atoms with van der Waals surface area (Å²) < 4.78 is 26.4. The Hall–Kier alpha value is -0.180. The minimum absolute atomic E-state index is 0.0156. The van der Waals surface area contributed by atoms with Gasteiger partial charge in [0.25, 0.3) is 5.92 Å². The summed E-state index contributed by atoms with van der Waals surface area (Å²) in [5, 5.41) is 2.95. The number of hydrogen-bond donors (Lipinski definition) is 1. The monoisotopic (exact) mass is 161 g/mol. The maximum absolute atomic E-state index is 13.2. The van der Waals surface area contributed by atoms with E-state index in [9.17, 15) is 8.78 Å². The molecule has 1 saturated carbocycles. The molecule has 0 amide bonds. The third-order valence-corrected chi connectivity index (χ3v) is 3.54. The maximum Gasteiger partial charge on any atom is 0.267 e. The molecule has 2 rings (SSSR count). The molecule has 64 valence electrons. The van der Waals surface area contributed by atoms with Gasteiger partial charge in [-0.15, -0.1) is 0 Å². The van der Waals surface area contributed by atoms with Crippen LogP contribution in [0, 0.1) is 11.8 Å². The quantitative estimate of drug-likeness (QED) is 0.569. The van der Waals surface area contributed by atoms with Crippen molar-refractivity contribution in [2.24, 2.45) is 11.8 Å². The third kappa shape index (κ3) is 0.632. The Morgan fingerprint density at radius 2 is 1.82 bits per heavy atom. The van der Waals surface area contributed by atoms with E-state index in [1.165, 1.54) is 0 Å². The van der Waals surface area contributed by atoms with Crippen LogP contribution in [0.2, 0.25) is 0 Å². The van der Waals surface area contributed by atoms with E-state index in [4.69, 9.17) is 0 Å². The van der Waals surface area contributed by atoms with Crippen LogP contribution in [-0.4, -0.2) is 18.0 Å². The van der Waals surface area contributed by atoms with Crippen molar-refractivity contribution >= 4 is 0 Å². The fourth-order valence-electron chi connectivity index (χ4n) is 2.53. The molecule has 1 aliphatic carbocycles. The fraction of sp³-hybridized carbons (Fsp3) is 1.00. The third-order valence-electron chi connectivity index (χ3n) is 3.54. The molecule has 1 heterocycles. The smallest absolute Gasteiger partial charge is 0.267 e. The van der Waals surface area contributed by atoms with Crippen LogP contribution >= 0.6 is 0 Å². The van der Waals surface area contributed by atoms with Gasteiger partial charge in [-0.05, 0) is 11.8 Å². The Kier molecular flexibility index (Phi) is 1.20. The van der Waals surface area contributed by atoms with Crippen molar-refractivity contribution in [2.45, 2.75) is 31.7 Å². The Bertz CT molecular complexity index is 183. The van der Waals surface area contributed by atoms with E-state index in [0.29, 0.717) is 6.54 Å². The molecule has 0 bridgehead atoms. The van der Waals surface area contributed by atoms with Crippen LogP contribution in [0.15, 0.2) is 0 Å². The van der Waals surface area contributed by atoms with E-state index in [2.05, 4.69) is 5.32 Å². The molecular formula is C8H13F2N. The molecule has 1 N–H and O–H groups in total. The molecule has 0 aromatic carbocycles. The van der Waals surface area contributed by atoms with Gasteiger partial charge in [0, 0.05) is 13.0 Å². The summed E-state index contributed by atoms with van der Waals surface area (Å²) >= 11 is 0. The van der Waals surface area contributed by atoms with E-state index in [1.54, 1.807) is 0 Å². The SMILES string of the molecule is CC1C(C)C12NCCC2(F)F. The first-order chi connectivity index (χ1) is 5.02. The number of halogens is 2. The van der Waals surface area contributed by atoms with Gasteiger partial charge in [-0.2, -0.15) is 0 Å². The summed E-state index contributed by atoms with van der Waals surface area (Å²) in [6.45, 7) is 4.27. The van der Waals surface area contributed by atoms with Gasteiger partial charge >= 0.3 is 0 Å². The van der Waals surface area contributed by atoms with Crippen molar-refractivity contribution in [1.82, 2.24) is 5.32 Å². The summed E-state index contributed by atoms with van der Waals surface area (Å²) in [7, 11) is 0. The van der Waals surface area contributed by atoms with Gasteiger partial charge in [0.15, 0.2) is 0 Å². The van der Waals surface area contributed by atoms with Crippen LogP contribution in [0.1, 0.15) is 20.3 Å². The van der Waals surface area contributed by atoms with Crippen LogP contribution in [0.5, 0.6) is 0 Å². The fourth-order valence-corrected chi connectivity index (χ4v) is 2.53. The van der Waals surface area contributed by atoms with Crippen LogP contribution in [0.3, 0.4) is 0 Å². The average molecular weight is 161 g/mol. The molecule has 2 aliphatic rings. The van der Waals surface area contributed by atoms with Crippen molar-refractivity contribution < 1.29 is 8.78 Å². The zero-order valence-corrected chi connectivity index (χ0v) is 6.82. The maximum atomic E-state index is 13.2. The van der Waals surface area contributed by atoms with Crippen molar-refractivity contribution in [3.63, 3.8) is 0 Å². The minimum Gasteiger partial charge on any atom is -0.305 e.